The SMILES string of the molecule is CSc1ccc(N=Cc2ccccc2)cn1. The second-order valence-electron chi connectivity index (χ2n) is 3.23. The lowest BCUT2D eigenvalue weighted by Gasteiger charge is -1.96. The van der Waals surface area contributed by atoms with Crippen LogP contribution in [0.5, 0.6) is 0 Å². The standard InChI is InChI=1S/C13H12N2S/c1-16-13-8-7-12(10-15-13)14-9-11-5-3-2-4-6-11/h2-10H,1H3. The van der Waals surface area contributed by atoms with Crippen LogP contribution in [0, 0.1) is 0 Å². The molecule has 0 spiro atoms. The molecule has 0 aliphatic heterocycles. The lowest BCUT2D eigenvalue weighted by molar-refractivity contribution is 1.13. The van der Waals surface area contributed by atoms with Crippen LogP contribution in [0.25, 0.3) is 0 Å². The van der Waals surface area contributed by atoms with Crippen LogP contribution in [0.3, 0.4) is 0 Å². The summed E-state index contributed by atoms with van der Waals surface area (Å²) in [6, 6.07) is 14.0. The second-order valence-corrected chi connectivity index (χ2v) is 4.05. The fourth-order valence-corrected chi connectivity index (χ4v) is 1.62. The first kappa shape index (κ1) is 10.9. The number of nitrogens with zero attached hydrogens (tertiary/aromatic N) is 2. The van der Waals surface area contributed by atoms with Crippen molar-refractivity contribution in [2.24, 2.45) is 4.99 Å². The Morgan fingerprint density at radius 1 is 1.12 bits per heavy atom. The minimum atomic E-state index is 0.877. The van der Waals surface area contributed by atoms with Gasteiger partial charge in [0.05, 0.1) is 16.9 Å². The number of pyridine rings is 1. The second kappa shape index (κ2) is 5.47. The third-order valence-electron chi connectivity index (χ3n) is 2.09. The molecule has 1 heterocycles. The highest BCUT2D eigenvalue weighted by Gasteiger charge is 1.91. The van der Waals surface area contributed by atoms with Gasteiger partial charge in [0.15, 0.2) is 0 Å². The van der Waals surface area contributed by atoms with Crippen molar-refractivity contribution in [1.82, 2.24) is 4.98 Å². The van der Waals surface area contributed by atoms with Gasteiger partial charge in [-0.15, -0.1) is 11.8 Å². The van der Waals surface area contributed by atoms with Gasteiger partial charge in [-0.2, -0.15) is 0 Å². The van der Waals surface area contributed by atoms with Crippen LogP contribution >= 0.6 is 11.8 Å². The van der Waals surface area contributed by atoms with E-state index in [0.717, 1.165) is 16.3 Å². The van der Waals surface area contributed by atoms with Crippen LogP contribution in [0.2, 0.25) is 0 Å². The molecule has 0 saturated carbocycles. The molecular formula is C13H12N2S. The van der Waals surface area contributed by atoms with Crippen LogP contribution in [0.15, 0.2) is 58.7 Å². The van der Waals surface area contributed by atoms with Crippen molar-refractivity contribution < 1.29 is 0 Å². The number of benzene rings is 1. The van der Waals surface area contributed by atoms with Crippen molar-refractivity contribution in [2.75, 3.05) is 6.26 Å². The van der Waals surface area contributed by atoms with E-state index in [1.54, 1.807) is 18.0 Å². The van der Waals surface area contributed by atoms with Gasteiger partial charge in [0, 0.05) is 6.21 Å². The molecule has 0 unspecified atom stereocenters. The van der Waals surface area contributed by atoms with Gasteiger partial charge in [-0.25, -0.2) is 4.98 Å². The maximum atomic E-state index is 4.36. The zero-order valence-corrected chi connectivity index (χ0v) is 9.82. The first-order valence-corrected chi connectivity index (χ1v) is 6.20. The third kappa shape index (κ3) is 2.94. The normalized spacial score (nSPS) is 10.8. The van der Waals surface area contributed by atoms with E-state index in [0.29, 0.717) is 0 Å². The highest BCUT2D eigenvalue weighted by molar-refractivity contribution is 7.98. The van der Waals surface area contributed by atoms with E-state index in [-0.39, 0.29) is 0 Å². The molecule has 2 aromatic rings. The number of thioether (sulfide) groups is 1. The molecule has 16 heavy (non-hydrogen) atoms. The van der Waals surface area contributed by atoms with Crippen LogP contribution in [0.1, 0.15) is 5.56 Å². The predicted molar refractivity (Wildman–Crippen MR) is 69.7 cm³/mol. The lowest BCUT2D eigenvalue weighted by atomic mass is 10.2. The molecule has 0 amide bonds. The van der Waals surface area contributed by atoms with Crippen LogP contribution in [0.4, 0.5) is 5.69 Å². The summed E-state index contributed by atoms with van der Waals surface area (Å²) in [6.45, 7) is 0. The molecule has 1 aromatic heterocycles. The Morgan fingerprint density at radius 3 is 2.56 bits per heavy atom. The van der Waals surface area contributed by atoms with Gasteiger partial charge >= 0.3 is 0 Å². The van der Waals surface area contributed by atoms with Crippen molar-refractivity contribution in [3.63, 3.8) is 0 Å². The Kier molecular flexibility index (Phi) is 3.72. The van der Waals surface area contributed by atoms with Gasteiger partial charge < -0.3 is 0 Å². The zero-order chi connectivity index (χ0) is 11.2. The first-order valence-electron chi connectivity index (χ1n) is 4.97. The molecule has 0 radical (unpaired) electrons. The van der Waals surface area contributed by atoms with Crippen LogP contribution < -0.4 is 0 Å². The van der Waals surface area contributed by atoms with Gasteiger partial charge in [0.25, 0.3) is 0 Å². The van der Waals surface area contributed by atoms with Crippen molar-refractivity contribution in [2.45, 2.75) is 5.03 Å². The Morgan fingerprint density at radius 2 is 1.94 bits per heavy atom. The molecule has 0 saturated heterocycles. The Bertz CT molecular complexity index is 463. The number of aliphatic imine (C=N–C) groups is 1. The quantitative estimate of drug-likeness (QED) is 0.593. The zero-order valence-electron chi connectivity index (χ0n) is 9.00. The van der Waals surface area contributed by atoms with Crippen LogP contribution in [-0.4, -0.2) is 17.5 Å². The maximum absolute atomic E-state index is 4.36. The number of aromatic nitrogens is 1. The van der Waals surface area contributed by atoms with Crippen molar-refractivity contribution in [1.29, 1.82) is 0 Å². The van der Waals surface area contributed by atoms with E-state index in [2.05, 4.69) is 9.98 Å². The Labute approximate surface area is 99.5 Å². The van der Waals surface area contributed by atoms with E-state index in [1.165, 1.54) is 0 Å². The molecule has 0 atom stereocenters. The molecule has 0 fully saturated rings. The summed E-state index contributed by atoms with van der Waals surface area (Å²) in [4.78, 5) is 8.61. The molecule has 1 aromatic carbocycles. The van der Waals surface area contributed by atoms with Gasteiger partial charge in [0.1, 0.15) is 0 Å². The molecular weight excluding hydrogens is 216 g/mol. The summed E-state index contributed by atoms with van der Waals surface area (Å²) < 4.78 is 0. The Hall–Kier alpha value is -1.61. The van der Waals surface area contributed by atoms with Gasteiger partial charge in [-0.3, -0.25) is 4.99 Å². The average molecular weight is 228 g/mol. The van der Waals surface area contributed by atoms with Gasteiger partial charge in [0.2, 0.25) is 0 Å². The first-order chi connectivity index (χ1) is 7.88. The van der Waals surface area contributed by atoms with Gasteiger partial charge in [-0.1, -0.05) is 30.3 Å². The molecule has 0 N–H and O–H groups in total. The highest BCUT2D eigenvalue weighted by atomic mass is 32.2. The molecule has 2 nitrogen and oxygen atoms in total. The maximum Gasteiger partial charge on any atom is 0.0958 e. The van der Waals surface area contributed by atoms with Crippen molar-refractivity contribution in [3.05, 3.63) is 54.2 Å². The van der Waals surface area contributed by atoms with Crippen molar-refractivity contribution >= 4 is 23.7 Å². The number of rotatable bonds is 3. The lowest BCUT2D eigenvalue weighted by Crippen LogP contribution is -1.79. The summed E-state index contributed by atoms with van der Waals surface area (Å²) in [7, 11) is 0. The largest absolute Gasteiger partial charge is 0.255 e. The highest BCUT2D eigenvalue weighted by Crippen LogP contribution is 2.15. The fraction of sp³-hybridized carbons (Fsp3) is 0.0769. The minimum absolute atomic E-state index is 0.877. The smallest absolute Gasteiger partial charge is 0.0958 e. The predicted octanol–water partition coefficient (Wildman–Crippen LogP) is 3.55. The molecule has 3 heteroatoms. The van der Waals surface area contributed by atoms with E-state index < -0.39 is 0 Å². The molecule has 80 valence electrons. The van der Waals surface area contributed by atoms with E-state index in [4.69, 9.17) is 0 Å². The molecule has 0 bridgehead atoms. The Balaban J connectivity index is 2.12. The van der Waals surface area contributed by atoms with E-state index in [1.807, 2.05) is 54.9 Å². The fourth-order valence-electron chi connectivity index (χ4n) is 1.26. The molecule has 0 aliphatic carbocycles. The summed E-state index contributed by atoms with van der Waals surface area (Å²) in [5.41, 5.74) is 1.97. The van der Waals surface area contributed by atoms with E-state index >= 15 is 0 Å². The summed E-state index contributed by atoms with van der Waals surface area (Å²) in [5.74, 6) is 0. The molecule has 0 aliphatic rings. The minimum Gasteiger partial charge on any atom is -0.255 e. The summed E-state index contributed by atoms with van der Waals surface area (Å²) in [5, 5.41) is 1.01. The summed E-state index contributed by atoms with van der Waals surface area (Å²) in [6.07, 6.45) is 5.64. The number of hydrogen-bond donors (Lipinski definition) is 0. The van der Waals surface area contributed by atoms with Gasteiger partial charge in [-0.05, 0) is 24.0 Å². The monoisotopic (exact) mass is 228 g/mol. The van der Waals surface area contributed by atoms with Crippen molar-refractivity contribution in [3.8, 4) is 0 Å². The third-order valence-corrected chi connectivity index (χ3v) is 2.75. The molecule has 2 rings (SSSR count). The number of hydrogen-bond acceptors (Lipinski definition) is 3. The average Bonchev–Trinajstić information content (AvgIpc) is 2.38. The topological polar surface area (TPSA) is 25.2 Å². The van der Waals surface area contributed by atoms with E-state index in [9.17, 15) is 0 Å². The van der Waals surface area contributed by atoms with Crippen LogP contribution in [-0.2, 0) is 0 Å². The summed E-state index contributed by atoms with van der Waals surface area (Å²) >= 11 is 1.63.